The second-order valence-electron chi connectivity index (χ2n) is 9.63. The van der Waals surface area contributed by atoms with E-state index in [1.807, 2.05) is 67.5 Å². The van der Waals surface area contributed by atoms with Gasteiger partial charge in [-0.2, -0.15) is 0 Å². The van der Waals surface area contributed by atoms with Gasteiger partial charge in [0.05, 0.1) is 17.4 Å². The molecule has 3 heteroatoms. The van der Waals surface area contributed by atoms with Crippen LogP contribution in [-0.4, -0.2) is 12.1 Å². The van der Waals surface area contributed by atoms with E-state index < -0.39 is 5.41 Å². The average Bonchev–Trinajstić information content (AvgIpc) is 3.27. The molecule has 1 aliphatic rings. The van der Waals surface area contributed by atoms with Crippen molar-refractivity contribution in [2.75, 3.05) is 0 Å². The van der Waals surface area contributed by atoms with Gasteiger partial charge in [-0.1, -0.05) is 114 Å². The summed E-state index contributed by atoms with van der Waals surface area (Å²) < 4.78 is 11.5. The Bertz CT molecular complexity index is 1300. The van der Waals surface area contributed by atoms with Gasteiger partial charge in [-0.05, 0) is 71.5 Å². The maximum atomic E-state index is 12.1. The number of esters is 1. The van der Waals surface area contributed by atoms with Crippen molar-refractivity contribution in [2.24, 2.45) is 5.92 Å². The highest BCUT2D eigenvalue weighted by Gasteiger charge is 2.45. The summed E-state index contributed by atoms with van der Waals surface area (Å²) in [7, 11) is 0. The first-order chi connectivity index (χ1) is 18.9. The highest BCUT2D eigenvalue weighted by Crippen LogP contribution is 2.56. The van der Waals surface area contributed by atoms with Crippen molar-refractivity contribution in [1.82, 2.24) is 0 Å². The number of hydrogen-bond acceptors (Lipinski definition) is 3. The maximum Gasteiger partial charge on any atom is 0.313 e. The van der Waals surface area contributed by atoms with Crippen LogP contribution in [0.3, 0.4) is 0 Å². The van der Waals surface area contributed by atoms with Crippen molar-refractivity contribution in [3.63, 3.8) is 0 Å². The Balaban J connectivity index is 0.00000100. The lowest BCUT2D eigenvalue weighted by Crippen LogP contribution is -2.28. The summed E-state index contributed by atoms with van der Waals surface area (Å²) >= 11 is 0. The van der Waals surface area contributed by atoms with Gasteiger partial charge >= 0.3 is 5.97 Å². The van der Waals surface area contributed by atoms with Gasteiger partial charge in [0.1, 0.15) is 11.5 Å². The Hall–Kier alpha value is -3.85. The van der Waals surface area contributed by atoms with Gasteiger partial charge in [0.2, 0.25) is 0 Å². The van der Waals surface area contributed by atoms with Crippen LogP contribution in [0.1, 0.15) is 77.6 Å². The molecule has 1 aliphatic carbocycles. The molecule has 204 valence electrons. The number of benzene rings is 4. The van der Waals surface area contributed by atoms with Crippen molar-refractivity contribution in [2.45, 2.75) is 66.9 Å². The van der Waals surface area contributed by atoms with E-state index in [1.165, 1.54) is 22.3 Å². The molecule has 5 rings (SSSR count). The van der Waals surface area contributed by atoms with E-state index in [0.717, 1.165) is 16.9 Å². The minimum absolute atomic E-state index is 0.115. The monoisotopic (exact) mass is 522 g/mol. The van der Waals surface area contributed by atoms with Crippen molar-refractivity contribution in [3.05, 3.63) is 119 Å². The molecule has 4 aromatic rings. The number of ether oxygens (including phenoxy) is 2. The maximum absolute atomic E-state index is 12.1. The fourth-order valence-corrected chi connectivity index (χ4v) is 5.09. The van der Waals surface area contributed by atoms with E-state index in [-0.39, 0.29) is 18.0 Å². The van der Waals surface area contributed by atoms with Crippen molar-refractivity contribution < 1.29 is 14.3 Å². The molecule has 0 spiro atoms. The van der Waals surface area contributed by atoms with Gasteiger partial charge in [-0.15, -0.1) is 0 Å². The number of fused-ring (bicyclic) bond motifs is 3. The smallest absolute Gasteiger partial charge is 0.313 e. The molecule has 0 bridgehead atoms. The second kappa shape index (κ2) is 13.3. The summed E-state index contributed by atoms with van der Waals surface area (Å²) in [5.74, 6) is 1.00. The average molecular weight is 523 g/mol. The third-order valence-corrected chi connectivity index (χ3v) is 6.59. The number of carbonyl (C=O) groups excluding carboxylic acids is 1. The molecule has 4 aromatic carbocycles. The SMILES string of the molecule is CC.CC.CC(C)Oc1ccc(C2(c3ccc(OC(=O)C(C)C)cc3)c3ccccc3-c3ccccc32)cc1. The van der Waals surface area contributed by atoms with E-state index in [9.17, 15) is 4.79 Å². The minimum Gasteiger partial charge on any atom is -0.491 e. The lowest BCUT2D eigenvalue weighted by molar-refractivity contribution is -0.137. The van der Waals surface area contributed by atoms with E-state index in [2.05, 4.69) is 84.9 Å². The Labute approximate surface area is 234 Å². The largest absolute Gasteiger partial charge is 0.491 e. The summed E-state index contributed by atoms with van der Waals surface area (Å²) in [6, 6.07) is 33.7. The Morgan fingerprint density at radius 2 is 1.00 bits per heavy atom. The van der Waals surface area contributed by atoms with Gasteiger partial charge in [0, 0.05) is 0 Å². The fourth-order valence-electron chi connectivity index (χ4n) is 5.09. The van der Waals surface area contributed by atoms with Crippen LogP contribution in [0.5, 0.6) is 11.5 Å². The quantitative estimate of drug-likeness (QED) is 0.165. The van der Waals surface area contributed by atoms with Gasteiger partial charge in [0.15, 0.2) is 0 Å². The van der Waals surface area contributed by atoms with Gasteiger partial charge in [0.25, 0.3) is 0 Å². The third kappa shape index (κ3) is 5.78. The number of rotatable bonds is 6. The molecule has 0 aromatic heterocycles. The van der Waals surface area contributed by atoms with Gasteiger partial charge in [-0.3, -0.25) is 4.79 Å². The second-order valence-corrected chi connectivity index (χ2v) is 9.63. The van der Waals surface area contributed by atoms with Crippen molar-refractivity contribution in [1.29, 1.82) is 0 Å². The predicted octanol–water partition coefficient (Wildman–Crippen LogP) is 9.45. The first-order valence-electron chi connectivity index (χ1n) is 14.2. The summed E-state index contributed by atoms with van der Waals surface area (Å²) in [5.41, 5.74) is 6.75. The van der Waals surface area contributed by atoms with E-state index in [0.29, 0.717) is 5.75 Å². The standard InChI is InChI=1S/C32H30O3.2C2H6/c1-21(2)31(33)35-26-19-15-24(16-20-26)32(23-13-17-25(18-14-23)34-22(3)4)29-11-7-5-9-27(29)28-10-6-8-12-30(28)32;2*1-2/h5-22H,1-4H3;2*1-2H3. The minimum atomic E-state index is -0.496. The fraction of sp³-hybridized carbons (Fsp3) is 0.306. The third-order valence-electron chi connectivity index (χ3n) is 6.59. The molecule has 0 saturated heterocycles. The van der Waals surface area contributed by atoms with Crippen LogP contribution >= 0.6 is 0 Å². The summed E-state index contributed by atoms with van der Waals surface area (Å²) in [4.78, 5) is 12.1. The molecule has 3 nitrogen and oxygen atoms in total. The van der Waals surface area contributed by atoms with E-state index >= 15 is 0 Å². The molecule has 0 N–H and O–H groups in total. The van der Waals surface area contributed by atoms with Gasteiger partial charge in [-0.25, -0.2) is 0 Å². The van der Waals surface area contributed by atoms with Crippen LogP contribution < -0.4 is 9.47 Å². The first-order valence-corrected chi connectivity index (χ1v) is 14.2. The molecule has 0 heterocycles. The Morgan fingerprint density at radius 3 is 1.41 bits per heavy atom. The lowest BCUT2D eigenvalue weighted by atomic mass is 9.68. The molecule has 0 aliphatic heterocycles. The predicted molar refractivity (Wildman–Crippen MR) is 163 cm³/mol. The van der Waals surface area contributed by atoms with Crippen molar-refractivity contribution >= 4 is 5.97 Å². The molecule has 0 atom stereocenters. The zero-order chi connectivity index (χ0) is 28.6. The molecule has 0 saturated carbocycles. The number of hydrogen-bond donors (Lipinski definition) is 0. The van der Waals surface area contributed by atoms with Crippen LogP contribution in [0.15, 0.2) is 97.1 Å². The summed E-state index contributed by atoms with van der Waals surface area (Å²) in [5, 5.41) is 0. The van der Waals surface area contributed by atoms with Crippen LogP contribution in [-0.2, 0) is 10.2 Å². The van der Waals surface area contributed by atoms with Gasteiger partial charge < -0.3 is 9.47 Å². The summed E-state index contributed by atoms with van der Waals surface area (Å²) in [6.45, 7) is 15.7. The first kappa shape index (κ1) is 29.7. The highest BCUT2D eigenvalue weighted by atomic mass is 16.5. The lowest BCUT2D eigenvalue weighted by Gasteiger charge is -2.34. The topological polar surface area (TPSA) is 35.5 Å². The normalized spacial score (nSPS) is 12.4. The Kier molecular flexibility index (Phi) is 10.1. The Morgan fingerprint density at radius 1 is 0.590 bits per heavy atom. The molecule has 0 fully saturated rings. The van der Waals surface area contributed by atoms with Crippen LogP contribution in [0.4, 0.5) is 0 Å². The zero-order valence-corrected chi connectivity index (χ0v) is 24.6. The highest BCUT2D eigenvalue weighted by molar-refractivity contribution is 5.86. The summed E-state index contributed by atoms with van der Waals surface area (Å²) in [6.07, 6.45) is 0.115. The molecule has 0 radical (unpaired) electrons. The van der Waals surface area contributed by atoms with E-state index in [4.69, 9.17) is 9.47 Å². The number of carbonyl (C=O) groups is 1. The van der Waals surface area contributed by atoms with Crippen LogP contribution in [0.2, 0.25) is 0 Å². The van der Waals surface area contributed by atoms with Crippen LogP contribution in [0.25, 0.3) is 11.1 Å². The molecular weight excluding hydrogens is 480 g/mol. The molecule has 0 unspecified atom stereocenters. The van der Waals surface area contributed by atoms with Crippen molar-refractivity contribution in [3.8, 4) is 22.6 Å². The van der Waals surface area contributed by atoms with Crippen LogP contribution in [0, 0.1) is 5.92 Å². The molecule has 0 amide bonds. The molecule has 39 heavy (non-hydrogen) atoms. The molecular formula is C36H42O3. The zero-order valence-electron chi connectivity index (χ0n) is 24.6. The van der Waals surface area contributed by atoms with E-state index in [1.54, 1.807) is 0 Å².